The Balaban J connectivity index is 1.59. The molecule has 1 aromatic carbocycles. The third kappa shape index (κ3) is 4.69. The summed E-state index contributed by atoms with van der Waals surface area (Å²) in [5, 5.41) is 0. The minimum Gasteiger partial charge on any atom is -0.491 e. The molecule has 2 aromatic rings. The molecule has 1 aromatic heterocycles. The van der Waals surface area contributed by atoms with Crippen molar-refractivity contribution in [3.05, 3.63) is 62.4 Å². The summed E-state index contributed by atoms with van der Waals surface area (Å²) < 4.78 is 12.6. The number of aryl methyl sites for hydroxylation is 1. The molecule has 0 saturated carbocycles. The van der Waals surface area contributed by atoms with Gasteiger partial charge in [-0.2, -0.15) is 0 Å². The Kier molecular flexibility index (Phi) is 5.96. The highest BCUT2D eigenvalue weighted by Gasteiger charge is 2.25. The summed E-state index contributed by atoms with van der Waals surface area (Å²) >= 11 is 0. The van der Waals surface area contributed by atoms with Gasteiger partial charge >= 0.3 is 5.69 Å². The average Bonchev–Trinajstić information content (AvgIpc) is 2.71. The zero-order valence-corrected chi connectivity index (χ0v) is 15.5. The Morgan fingerprint density at radius 3 is 3.04 bits per heavy atom. The van der Waals surface area contributed by atoms with Crippen LogP contribution in [0.25, 0.3) is 0 Å². The lowest BCUT2D eigenvalue weighted by atomic mass is 10.2. The maximum Gasteiger partial charge on any atom is 0.328 e. The van der Waals surface area contributed by atoms with E-state index in [4.69, 9.17) is 15.9 Å². The van der Waals surface area contributed by atoms with Crippen molar-refractivity contribution in [2.24, 2.45) is 0 Å². The summed E-state index contributed by atoms with van der Waals surface area (Å²) in [6.45, 7) is 2.87. The van der Waals surface area contributed by atoms with Crippen molar-refractivity contribution in [1.82, 2.24) is 14.5 Å². The van der Waals surface area contributed by atoms with Crippen molar-refractivity contribution < 1.29 is 14.3 Å². The number of hydrogen-bond acceptors (Lipinski definition) is 5. The fourth-order valence-electron chi connectivity index (χ4n) is 2.89. The van der Waals surface area contributed by atoms with E-state index >= 15 is 0 Å². The number of terminal acetylenes is 1. The second-order valence-electron chi connectivity index (χ2n) is 6.52. The normalized spacial score (nSPS) is 16.4. The first-order valence-electron chi connectivity index (χ1n) is 8.85. The van der Waals surface area contributed by atoms with Crippen LogP contribution in [0.4, 0.5) is 0 Å². The minimum absolute atomic E-state index is 0.145. The second kappa shape index (κ2) is 8.59. The first-order chi connectivity index (χ1) is 13.5. The van der Waals surface area contributed by atoms with Crippen molar-refractivity contribution in [2.75, 3.05) is 26.3 Å². The topological polar surface area (TPSA) is 93.6 Å². The molecular formula is C20H21N3O5. The van der Waals surface area contributed by atoms with Gasteiger partial charge in [-0.25, -0.2) is 4.79 Å². The van der Waals surface area contributed by atoms with Crippen LogP contribution in [0.2, 0.25) is 0 Å². The van der Waals surface area contributed by atoms with Crippen molar-refractivity contribution >= 4 is 5.91 Å². The fraction of sp³-hybridized carbons (Fsp3) is 0.350. The monoisotopic (exact) mass is 383 g/mol. The summed E-state index contributed by atoms with van der Waals surface area (Å²) in [5.41, 5.74) is 0.0343. The number of rotatable bonds is 5. The summed E-state index contributed by atoms with van der Waals surface area (Å²) in [7, 11) is 0. The fourth-order valence-corrected chi connectivity index (χ4v) is 2.89. The van der Waals surface area contributed by atoms with Crippen LogP contribution < -0.4 is 16.0 Å². The Hall–Kier alpha value is -3.31. The molecular weight excluding hydrogens is 362 g/mol. The molecule has 0 bridgehead atoms. The zero-order chi connectivity index (χ0) is 20.1. The second-order valence-corrected chi connectivity index (χ2v) is 6.52. The highest BCUT2D eigenvalue weighted by Crippen LogP contribution is 2.14. The summed E-state index contributed by atoms with van der Waals surface area (Å²) in [5.74, 6) is 2.96. The molecule has 1 amide bonds. The first kappa shape index (κ1) is 19.5. The highest BCUT2D eigenvalue weighted by molar-refractivity contribution is 5.76. The lowest BCUT2D eigenvalue weighted by molar-refractivity contribution is -0.140. The molecule has 0 spiro atoms. The lowest BCUT2D eigenvalue weighted by Gasteiger charge is -2.33. The van der Waals surface area contributed by atoms with E-state index in [-0.39, 0.29) is 25.2 Å². The maximum atomic E-state index is 12.6. The molecule has 1 saturated heterocycles. The van der Waals surface area contributed by atoms with E-state index in [2.05, 4.69) is 10.9 Å². The zero-order valence-electron chi connectivity index (χ0n) is 15.5. The number of ether oxygens (including phenoxy) is 2. The molecule has 146 valence electrons. The molecule has 1 aliphatic rings. The summed E-state index contributed by atoms with van der Waals surface area (Å²) in [6.07, 6.45) is 6.48. The number of benzene rings is 1. The predicted octanol–water partition coefficient (Wildman–Crippen LogP) is 0.133. The molecule has 1 unspecified atom stereocenters. The molecule has 0 radical (unpaired) electrons. The largest absolute Gasteiger partial charge is 0.491 e. The molecule has 1 N–H and O–H groups in total. The molecule has 8 nitrogen and oxygen atoms in total. The van der Waals surface area contributed by atoms with Crippen LogP contribution in [0.1, 0.15) is 11.1 Å². The first-order valence-corrected chi connectivity index (χ1v) is 8.85. The van der Waals surface area contributed by atoms with Crippen LogP contribution >= 0.6 is 0 Å². The Morgan fingerprint density at radius 2 is 2.25 bits per heavy atom. The average molecular weight is 383 g/mol. The number of carbonyl (C=O) groups excluding carboxylic acids is 1. The molecule has 0 aliphatic carbocycles. The van der Waals surface area contributed by atoms with Crippen molar-refractivity contribution in [3.8, 4) is 18.1 Å². The third-order valence-electron chi connectivity index (χ3n) is 4.42. The van der Waals surface area contributed by atoms with E-state index in [0.717, 1.165) is 5.56 Å². The molecule has 8 heteroatoms. The Morgan fingerprint density at radius 1 is 1.43 bits per heavy atom. The van der Waals surface area contributed by atoms with Crippen LogP contribution in [0.15, 0.2) is 40.1 Å². The molecule has 3 rings (SSSR count). The molecule has 1 atom stereocenters. The van der Waals surface area contributed by atoms with E-state index in [9.17, 15) is 14.4 Å². The van der Waals surface area contributed by atoms with E-state index in [0.29, 0.717) is 31.0 Å². The Bertz CT molecular complexity index is 1020. The number of aromatic amines is 1. The van der Waals surface area contributed by atoms with Gasteiger partial charge in [0.05, 0.1) is 13.2 Å². The van der Waals surface area contributed by atoms with Gasteiger partial charge < -0.3 is 14.4 Å². The van der Waals surface area contributed by atoms with Crippen LogP contribution in [-0.2, 0) is 16.1 Å². The van der Waals surface area contributed by atoms with Crippen LogP contribution in [0.5, 0.6) is 5.75 Å². The van der Waals surface area contributed by atoms with Gasteiger partial charge in [-0.3, -0.25) is 19.1 Å². The molecule has 1 fully saturated rings. The van der Waals surface area contributed by atoms with Crippen molar-refractivity contribution in [2.45, 2.75) is 19.6 Å². The summed E-state index contributed by atoms with van der Waals surface area (Å²) in [6, 6.07) is 7.19. The van der Waals surface area contributed by atoms with E-state index in [1.165, 1.54) is 10.8 Å². The molecule has 2 heterocycles. The van der Waals surface area contributed by atoms with Gasteiger partial charge in [0.25, 0.3) is 5.56 Å². The number of nitrogens with zero attached hydrogens (tertiary/aromatic N) is 2. The van der Waals surface area contributed by atoms with Crippen LogP contribution in [-0.4, -0.2) is 52.8 Å². The highest BCUT2D eigenvalue weighted by atomic mass is 16.5. The smallest absolute Gasteiger partial charge is 0.328 e. The van der Waals surface area contributed by atoms with Gasteiger partial charge in [0.1, 0.15) is 25.0 Å². The quantitative estimate of drug-likeness (QED) is 0.741. The summed E-state index contributed by atoms with van der Waals surface area (Å²) in [4.78, 5) is 39.7. The van der Waals surface area contributed by atoms with Gasteiger partial charge in [-0.1, -0.05) is 12.0 Å². The maximum absolute atomic E-state index is 12.6. The van der Waals surface area contributed by atoms with Crippen molar-refractivity contribution in [1.29, 1.82) is 0 Å². The number of amides is 1. The van der Waals surface area contributed by atoms with E-state index in [1.807, 2.05) is 12.1 Å². The van der Waals surface area contributed by atoms with Gasteiger partial charge in [0.2, 0.25) is 5.91 Å². The van der Waals surface area contributed by atoms with Crippen molar-refractivity contribution in [3.63, 3.8) is 0 Å². The number of aromatic nitrogens is 2. The lowest BCUT2D eigenvalue weighted by Crippen LogP contribution is -2.49. The van der Waals surface area contributed by atoms with E-state index < -0.39 is 11.2 Å². The standard InChI is InChI=1S/C20H21N3O5/c1-3-15-5-4-6-16(9-15)28-13-17-11-22(7-8-27-17)18(24)12-23-10-14(2)19(25)21-20(23)26/h1,4-6,9-10,17H,7-8,11-13H2,2H3,(H,21,25,26). The van der Waals surface area contributed by atoms with E-state index in [1.54, 1.807) is 24.0 Å². The van der Waals surface area contributed by atoms with Crippen LogP contribution in [0, 0.1) is 19.3 Å². The van der Waals surface area contributed by atoms with Gasteiger partial charge in [0, 0.05) is 23.9 Å². The number of morpholine rings is 1. The number of hydrogen-bond donors (Lipinski definition) is 1. The molecule has 28 heavy (non-hydrogen) atoms. The predicted molar refractivity (Wildman–Crippen MR) is 102 cm³/mol. The number of carbonyl (C=O) groups is 1. The number of nitrogens with one attached hydrogen (secondary N) is 1. The Labute approximate surface area is 161 Å². The molecule has 1 aliphatic heterocycles. The van der Waals surface area contributed by atoms with Gasteiger partial charge in [-0.05, 0) is 25.1 Å². The third-order valence-corrected chi connectivity index (χ3v) is 4.42. The minimum atomic E-state index is -0.606. The number of H-pyrrole nitrogens is 1. The van der Waals surface area contributed by atoms with Crippen LogP contribution in [0.3, 0.4) is 0 Å². The SMILES string of the molecule is C#Cc1cccc(OCC2CN(C(=O)Cn3cc(C)c(=O)[nH]c3=O)CCO2)c1. The van der Waals surface area contributed by atoms with Gasteiger partial charge in [-0.15, -0.1) is 6.42 Å². The van der Waals surface area contributed by atoms with Gasteiger partial charge in [0.15, 0.2) is 0 Å².